The molecule has 0 radical (unpaired) electrons. The molecule has 0 fully saturated rings. The number of hydrogen-bond donors (Lipinski definition) is 0. The number of fused-ring (bicyclic) bond motifs is 3. The summed E-state index contributed by atoms with van der Waals surface area (Å²) in [5.41, 5.74) is 3.35. The number of allylic oxidation sites excluding steroid dienone is 3. The van der Waals surface area contributed by atoms with Crippen LogP contribution < -0.4 is 0 Å². The van der Waals surface area contributed by atoms with Crippen LogP contribution >= 0.6 is 0 Å². The number of hydrogen-bond acceptors (Lipinski definition) is 1. The molecule has 122 valence electrons. The Morgan fingerprint density at radius 1 is 1.30 bits per heavy atom. The van der Waals surface area contributed by atoms with Crippen molar-refractivity contribution in [1.82, 2.24) is 4.90 Å². The maximum Gasteiger partial charge on any atom is 0.168 e. The van der Waals surface area contributed by atoms with Gasteiger partial charge in [-0.05, 0) is 47.6 Å². The van der Waals surface area contributed by atoms with Crippen molar-refractivity contribution in [3.8, 4) is 0 Å². The third-order valence-electron chi connectivity index (χ3n) is 4.74. The summed E-state index contributed by atoms with van der Waals surface area (Å²) in [4.78, 5) is 2.07. The zero-order valence-electron chi connectivity index (χ0n) is 14.0. The smallest absolute Gasteiger partial charge is 0.168 e. The van der Waals surface area contributed by atoms with Gasteiger partial charge in [-0.15, -0.1) is 0 Å². The van der Waals surface area contributed by atoms with Gasteiger partial charge >= 0.3 is 0 Å². The molecule has 3 rings (SSSR count). The summed E-state index contributed by atoms with van der Waals surface area (Å²) in [6.07, 6.45) is 7.82. The maximum absolute atomic E-state index is 14.8. The van der Waals surface area contributed by atoms with E-state index in [2.05, 4.69) is 25.3 Å². The van der Waals surface area contributed by atoms with Gasteiger partial charge in [-0.25, -0.2) is 8.78 Å². The Bertz CT molecular complexity index is 713. The van der Waals surface area contributed by atoms with Gasteiger partial charge in [0, 0.05) is 17.8 Å². The van der Waals surface area contributed by atoms with Crippen molar-refractivity contribution in [2.24, 2.45) is 5.92 Å². The highest BCUT2D eigenvalue weighted by molar-refractivity contribution is 5.75. The molecule has 1 unspecified atom stereocenters. The van der Waals surface area contributed by atoms with E-state index in [1.807, 2.05) is 31.3 Å². The molecule has 23 heavy (non-hydrogen) atoms. The van der Waals surface area contributed by atoms with Gasteiger partial charge in [-0.1, -0.05) is 39.8 Å². The van der Waals surface area contributed by atoms with E-state index in [1.54, 1.807) is 0 Å². The van der Waals surface area contributed by atoms with Crippen LogP contribution in [-0.4, -0.2) is 10.9 Å². The van der Waals surface area contributed by atoms with E-state index in [9.17, 15) is 8.78 Å². The van der Waals surface area contributed by atoms with E-state index in [0.717, 1.165) is 29.7 Å². The fourth-order valence-corrected chi connectivity index (χ4v) is 3.55. The first kappa shape index (κ1) is 16.0. The topological polar surface area (TPSA) is 3.24 Å². The lowest BCUT2D eigenvalue weighted by Gasteiger charge is -2.42. The van der Waals surface area contributed by atoms with Crippen LogP contribution in [0.25, 0.3) is 5.70 Å². The number of aryl methyl sites for hydroxylation is 1. The largest absolute Gasteiger partial charge is 0.344 e. The van der Waals surface area contributed by atoms with Crippen LogP contribution in [0.15, 0.2) is 36.6 Å². The average Bonchev–Trinajstić information content (AvgIpc) is 2.51. The molecule has 0 saturated heterocycles. The Labute approximate surface area is 137 Å². The van der Waals surface area contributed by atoms with Crippen molar-refractivity contribution in [3.05, 3.63) is 64.9 Å². The predicted octanol–water partition coefficient (Wildman–Crippen LogP) is 5.22. The van der Waals surface area contributed by atoms with Crippen LogP contribution in [0.1, 0.15) is 43.9 Å². The first-order valence-electron chi connectivity index (χ1n) is 8.31. The molecular formula is C20H23F2N. The van der Waals surface area contributed by atoms with Gasteiger partial charge in [0.25, 0.3) is 0 Å². The quantitative estimate of drug-likeness (QED) is 0.739. The third kappa shape index (κ3) is 2.62. The summed E-state index contributed by atoms with van der Waals surface area (Å²) >= 11 is 0. The van der Waals surface area contributed by atoms with Gasteiger partial charge in [0.1, 0.15) is 0 Å². The summed E-state index contributed by atoms with van der Waals surface area (Å²) in [5, 5.41) is 0. The van der Waals surface area contributed by atoms with Gasteiger partial charge in [0.05, 0.1) is 5.70 Å². The Morgan fingerprint density at radius 2 is 2.04 bits per heavy atom. The molecule has 0 spiro atoms. The van der Waals surface area contributed by atoms with E-state index in [4.69, 9.17) is 0 Å². The van der Waals surface area contributed by atoms with Crippen LogP contribution in [0.3, 0.4) is 0 Å². The van der Waals surface area contributed by atoms with Crippen molar-refractivity contribution in [2.45, 2.75) is 46.1 Å². The summed E-state index contributed by atoms with van der Waals surface area (Å²) in [7, 11) is 0. The molecule has 0 aromatic heterocycles. The first-order chi connectivity index (χ1) is 10.9. The number of rotatable bonds is 3. The maximum atomic E-state index is 14.8. The zero-order chi connectivity index (χ0) is 16.7. The molecule has 1 aromatic rings. The van der Waals surface area contributed by atoms with Crippen LogP contribution in [-0.2, 0) is 12.8 Å². The highest BCUT2D eigenvalue weighted by atomic mass is 19.2. The molecule has 2 aliphatic heterocycles. The van der Waals surface area contributed by atoms with Gasteiger partial charge in [-0.2, -0.15) is 0 Å². The fraction of sp³-hybridized carbons (Fsp3) is 0.400. The minimum atomic E-state index is -0.715. The standard InChI is InChI=1S/C20H23F2N/c1-5-6-14-10-15-11-16(12(2)3)23-8-7-13(4)9-17(23)18(15)20(22)19(14)21/h7-10,12,16H,4-6,11H2,1-3H3. The Morgan fingerprint density at radius 3 is 2.70 bits per heavy atom. The van der Waals surface area contributed by atoms with Crippen LogP contribution in [0.5, 0.6) is 0 Å². The summed E-state index contributed by atoms with van der Waals surface area (Å²) in [5.74, 6) is -1.01. The molecule has 0 amide bonds. The SMILES string of the molecule is C=C1C=CN2C(=C1)c1c(cc(CCC)c(F)c1F)CC2C(C)C. The minimum absolute atomic E-state index is 0.248. The molecule has 1 atom stereocenters. The highest BCUT2D eigenvalue weighted by Crippen LogP contribution is 2.40. The molecule has 2 heterocycles. The van der Waals surface area contributed by atoms with E-state index < -0.39 is 11.6 Å². The lowest BCUT2D eigenvalue weighted by atomic mass is 9.83. The number of nitrogens with zero attached hydrogens (tertiary/aromatic N) is 1. The molecule has 3 heteroatoms. The summed E-state index contributed by atoms with van der Waals surface area (Å²) < 4.78 is 29.2. The lowest BCUT2D eigenvalue weighted by Crippen LogP contribution is -2.41. The van der Waals surface area contributed by atoms with E-state index in [-0.39, 0.29) is 6.04 Å². The normalized spacial score (nSPS) is 19.7. The van der Waals surface area contributed by atoms with Crippen molar-refractivity contribution in [3.63, 3.8) is 0 Å². The monoisotopic (exact) mass is 315 g/mol. The van der Waals surface area contributed by atoms with E-state index in [0.29, 0.717) is 23.5 Å². The second kappa shape index (κ2) is 5.95. The average molecular weight is 315 g/mol. The Hall–Kier alpha value is -1.90. The van der Waals surface area contributed by atoms with Crippen molar-refractivity contribution in [2.75, 3.05) is 0 Å². The zero-order valence-corrected chi connectivity index (χ0v) is 14.0. The lowest BCUT2D eigenvalue weighted by molar-refractivity contribution is 0.282. The number of halogens is 2. The molecule has 0 bridgehead atoms. The number of benzene rings is 1. The van der Waals surface area contributed by atoms with Crippen LogP contribution in [0, 0.1) is 17.6 Å². The van der Waals surface area contributed by atoms with E-state index in [1.165, 1.54) is 0 Å². The van der Waals surface area contributed by atoms with Gasteiger partial charge in [0.2, 0.25) is 0 Å². The van der Waals surface area contributed by atoms with E-state index >= 15 is 0 Å². The van der Waals surface area contributed by atoms with Gasteiger partial charge in [-0.3, -0.25) is 0 Å². The molecular weight excluding hydrogens is 292 g/mol. The minimum Gasteiger partial charge on any atom is -0.344 e. The van der Waals surface area contributed by atoms with Crippen LogP contribution in [0.4, 0.5) is 8.78 Å². The molecule has 0 N–H and O–H groups in total. The second-order valence-corrected chi connectivity index (χ2v) is 6.79. The molecule has 0 aliphatic carbocycles. The van der Waals surface area contributed by atoms with Gasteiger partial charge in [0.15, 0.2) is 11.6 Å². The molecule has 0 saturated carbocycles. The third-order valence-corrected chi connectivity index (χ3v) is 4.74. The fourth-order valence-electron chi connectivity index (χ4n) is 3.55. The molecule has 2 aliphatic rings. The van der Waals surface area contributed by atoms with Crippen molar-refractivity contribution >= 4 is 5.70 Å². The van der Waals surface area contributed by atoms with Crippen molar-refractivity contribution in [1.29, 1.82) is 0 Å². The summed E-state index contributed by atoms with van der Waals surface area (Å²) in [6.45, 7) is 10.2. The molecule has 1 aromatic carbocycles. The summed E-state index contributed by atoms with van der Waals surface area (Å²) in [6, 6.07) is 2.11. The van der Waals surface area contributed by atoms with Gasteiger partial charge < -0.3 is 4.90 Å². The highest BCUT2D eigenvalue weighted by Gasteiger charge is 2.35. The molecule has 1 nitrogen and oxygen atoms in total. The van der Waals surface area contributed by atoms with Crippen molar-refractivity contribution < 1.29 is 8.78 Å². The Kier molecular flexibility index (Phi) is 4.13. The second-order valence-electron chi connectivity index (χ2n) is 6.79. The Balaban J connectivity index is 2.20. The predicted molar refractivity (Wildman–Crippen MR) is 90.8 cm³/mol. The first-order valence-corrected chi connectivity index (χ1v) is 8.31. The van der Waals surface area contributed by atoms with Crippen LogP contribution in [0.2, 0.25) is 0 Å².